The summed E-state index contributed by atoms with van der Waals surface area (Å²) >= 11 is 0.974. The summed E-state index contributed by atoms with van der Waals surface area (Å²) in [6.07, 6.45) is 5.22. The fraction of sp³-hybridized carbons (Fsp3) is 0.214. The number of hydrogen-bond donors (Lipinski definition) is 1. The molecule has 0 atom stereocenters. The molecule has 1 saturated heterocycles. The van der Waals surface area contributed by atoms with E-state index in [1.165, 1.54) is 4.90 Å². The third-order valence-corrected chi connectivity index (χ3v) is 3.97. The molecule has 6 heteroatoms. The second-order valence-corrected chi connectivity index (χ2v) is 5.78. The van der Waals surface area contributed by atoms with E-state index in [0.29, 0.717) is 4.91 Å². The fourth-order valence-electron chi connectivity index (χ4n) is 2.15. The zero-order chi connectivity index (χ0) is 14.3. The smallest absolute Gasteiger partial charge is 0.293 e. The van der Waals surface area contributed by atoms with Crippen LogP contribution in [0, 0.1) is 0 Å². The monoisotopic (exact) mass is 287 g/mol. The van der Waals surface area contributed by atoms with Crippen molar-refractivity contribution in [2.75, 3.05) is 0 Å². The van der Waals surface area contributed by atoms with Gasteiger partial charge >= 0.3 is 0 Å². The Morgan fingerprint density at radius 1 is 1.40 bits per heavy atom. The number of hydrogen-bond acceptors (Lipinski definition) is 4. The summed E-state index contributed by atoms with van der Waals surface area (Å²) in [4.78, 5) is 33.1. The van der Waals surface area contributed by atoms with E-state index < -0.39 is 0 Å². The number of fused-ring (bicyclic) bond motifs is 1. The van der Waals surface area contributed by atoms with E-state index in [1.54, 1.807) is 18.5 Å². The van der Waals surface area contributed by atoms with Crippen LogP contribution in [-0.2, 0) is 4.79 Å². The number of amides is 2. The topological polar surface area (TPSA) is 66.1 Å². The Bertz CT molecular complexity index is 733. The van der Waals surface area contributed by atoms with Gasteiger partial charge in [0, 0.05) is 24.0 Å². The van der Waals surface area contributed by atoms with Gasteiger partial charge in [-0.1, -0.05) is 0 Å². The van der Waals surface area contributed by atoms with Crippen LogP contribution in [0.2, 0.25) is 0 Å². The van der Waals surface area contributed by atoms with Gasteiger partial charge in [0.25, 0.3) is 11.1 Å². The minimum absolute atomic E-state index is 0.130. The number of nitrogens with one attached hydrogen (secondary N) is 1. The molecule has 2 aromatic heterocycles. The number of rotatable bonds is 2. The second kappa shape index (κ2) is 4.79. The first-order valence-electron chi connectivity index (χ1n) is 6.27. The normalized spacial score (nSPS) is 17.9. The largest absolute Gasteiger partial charge is 0.359 e. The van der Waals surface area contributed by atoms with Crippen molar-refractivity contribution in [2.24, 2.45) is 0 Å². The third-order valence-electron chi connectivity index (χ3n) is 3.09. The number of carbonyl (C=O) groups excluding carboxylic acids is 2. The van der Waals surface area contributed by atoms with Crippen LogP contribution in [0.4, 0.5) is 4.79 Å². The van der Waals surface area contributed by atoms with Gasteiger partial charge in [-0.15, -0.1) is 0 Å². The van der Waals surface area contributed by atoms with Gasteiger partial charge < -0.3 is 4.98 Å². The van der Waals surface area contributed by atoms with Crippen molar-refractivity contribution in [3.8, 4) is 0 Å². The molecule has 0 aliphatic carbocycles. The maximum Gasteiger partial charge on any atom is 0.293 e. The highest BCUT2D eigenvalue weighted by atomic mass is 32.2. The first-order valence-corrected chi connectivity index (χ1v) is 7.08. The molecule has 3 rings (SSSR count). The summed E-state index contributed by atoms with van der Waals surface area (Å²) in [7, 11) is 0. The lowest BCUT2D eigenvalue weighted by molar-refractivity contribution is -0.123. The molecule has 0 radical (unpaired) electrons. The van der Waals surface area contributed by atoms with Gasteiger partial charge in [-0.05, 0) is 43.8 Å². The average molecular weight is 287 g/mol. The molecule has 0 spiro atoms. The summed E-state index contributed by atoms with van der Waals surface area (Å²) in [5, 5.41) is -0.218. The second-order valence-electron chi connectivity index (χ2n) is 4.79. The Balaban J connectivity index is 2.01. The highest BCUT2D eigenvalue weighted by Crippen LogP contribution is 2.34. The lowest BCUT2D eigenvalue weighted by atomic mass is 10.2. The van der Waals surface area contributed by atoms with E-state index in [4.69, 9.17) is 0 Å². The van der Waals surface area contributed by atoms with Gasteiger partial charge in [0.15, 0.2) is 0 Å². The lowest BCUT2D eigenvalue weighted by Gasteiger charge is -2.16. The fourth-order valence-corrected chi connectivity index (χ4v) is 3.10. The number of pyridine rings is 1. The summed E-state index contributed by atoms with van der Waals surface area (Å²) in [6.45, 7) is 3.65. The minimum atomic E-state index is -0.236. The Labute approximate surface area is 120 Å². The molecule has 20 heavy (non-hydrogen) atoms. The molecular formula is C14H13N3O2S. The molecule has 1 aliphatic heterocycles. The molecule has 2 amide bonds. The first-order chi connectivity index (χ1) is 9.58. The molecule has 2 aromatic rings. The molecule has 0 saturated carbocycles. The highest BCUT2D eigenvalue weighted by molar-refractivity contribution is 8.18. The Hall–Kier alpha value is -2.08. The van der Waals surface area contributed by atoms with Crippen molar-refractivity contribution in [2.45, 2.75) is 19.9 Å². The summed E-state index contributed by atoms with van der Waals surface area (Å²) < 4.78 is 0. The predicted octanol–water partition coefficient (Wildman–Crippen LogP) is 3.01. The zero-order valence-corrected chi connectivity index (χ0v) is 11.9. The van der Waals surface area contributed by atoms with Crippen molar-refractivity contribution < 1.29 is 9.59 Å². The average Bonchev–Trinajstić information content (AvgIpc) is 2.93. The summed E-state index contributed by atoms with van der Waals surface area (Å²) in [5.41, 5.74) is 2.51. The van der Waals surface area contributed by atoms with Crippen molar-refractivity contribution in [3.05, 3.63) is 35.0 Å². The molecule has 1 fully saturated rings. The number of nitrogens with zero attached hydrogens (tertiary/aromatic N) is 2. The lowest BCUT2D eigenvalue weighted by Crippen LogP contribution is -2.34. The van der Waals surface area contributed by atoms with E-state index in [9.17, 15) is 9.59 Å². The molecule has 1 N–H and O–H groups in total. The molecule has 5 nitrogen and oxygen atoms in total. The molecule has 0 unspecified atom stereocenters. The maximum absolute atomic E-state index is 12.2. The number of thioether (sulfide) groups is 1. The predicted molar refractivity (Wildman–Crippen MR) is 79.0 cm³/mol. The van der Waals surface area contributed by atoms with Crippen LogP contribution < -0.4 is 0 Å². The van der Waals surface area contributed by atoms with Gasteiger partial charge in [0.1, 0.15) is 0 Å². The van der Waals surface area contributed by atoms with Crippen LogP contribution in [0.25, 0.3) is 17.1 Å². The van der Waals surface area contributed by atoms with Crippen molar-refractivity contribution >= 4 is 40.0 Å². The minimum Gasteiger partial charge on any atom is -0.359 e. The Kier molecular flexibility index (Phi) is 3.10. The van der Waals surface area contributed by atoms with Crippen LogP contribution >= 0.6 is 11.8 Å². The van der Waals surface area contributed by atoms with E-state index in [1.807, 2.05) is 26.0 Å². The quantitative estimate of drug-likeness (QED) is 0.862. The number of aromatic nitrogens is 2. The molecule has 0 aromatic carbocycles. The number of imide groups is 1. The molecule has 0 bridgehead atoms. The van der Waals surface area contributed by atoms with Crippen LogP contribution in [-0.4, -0.2) is 32.1 Å². The molecule has 3 heterocycles. The summed E-state index contributed by atoms with van der Waals surface area (Å²) in [5.74, 6) is -0.236. The van der Waals surface area contributed by atoms with Gasteiger partial charge in [0.05, 0.1) is 15.9 Å². The van der Waals surface area contributed by atoms with Gasteiger partial charge in [-0.25, -0.2) is 0 Å². The van der Waals surface area contributed by atoms with E-state index in [-0.39, 0.29) is 17.2 Å². The van der Waals surface area contributed by atoms with Crippen LogP contribution in [0.3, 0.4) is 0 Å². The van der Waals surface area contributed by atoms with Gasteiger partial charge in [-0.2, -0.15) is 0 Å². The van der Waals surface area contributed by atoms with Crippen molar-refractivity contribution in [3.63, 3.8) is 0 Å². The standard InChI is InChI=1S/C14H13N3O2S/c1-8(2)17-13(18)11(20-14(17)19)6-9-7-16-10-4-3-5-15-12(9)10/h3-8,16H,1-2H3. The van der Waals surface area contributed by atoms with E-state index >= 15 is 0 Å². The van der Waals surface area contributed by atoms with E-state index in [2.05, 4.69) is 9.97 Å². The van der Waals surface area contributed by atoms with Crippen LogP contribution in [0.5, 0.6) is 0 Å². The van der Waals surface area contributed by atoms with E-state index in [0.717, 1.165) is 28.4 Å². The number of aromatic amines is 1. The zero-order valence-electron chi connectivity index (χ0n) is 11.1. The Morgan fingerprint density at radius 3 is 2.90 bits per heavy atom. The van der Waals surface area contributed by atoms with Crippen LogP contribution in [0.1, 0.15) is 19.4 Å². The number of carbonyl (C=O) groups is 2. The van der Waals surface area contributed by atoms with Crippen molar-refractivity contribution in [1.29, 1.82) is 0 Å². The van der Waals surface area contributed by atoms with Gasteiger partial charge in [-0.3, -0.25) is 19.5 Å². The molecular weight excluding hydrogens is 274 g/mol. The highest BCUT2D eigenvalue weighted by Gasteiger charge is 2.36. The maximum atomic E-state index is 12.2. The number of H-pyrrole nitrogens is 1. The Morgan fingerprint density at radius 2 is 2.20 bits per heavy atom. The summed E-state index contributed by atoms with van der Waals surface area (Å²) in [6, 6.07) is 3.63. The molecule has 102 valence electrons. The SMILES string of the molecule is CC(C)N1C(=O)SC(=Cc2c[nH]c3cccnc23)C1=O. The molecule has 1 aliphatic rings. The first kappa shape index (κ1) is 12.9. The third kappa shape index (κ3) is 2.02. The van der Waals surface area contributed by atoms with Gasteiger partial charge in [0.2, 0.25) is 0 Å². The van der Waals surface area contributed by atoms with Crippen molar-refractivity contribution in [1.82, 2.24) is 14.9 Å². The van der Waals surface area contributed by atoms with Crippen LogP contribution in [0.15, 0.2) is 29.4 Å².